The molecule has 0 aromatic carbocycles. The first-order valence-corrected chi connectivity index (χ1v) is 5.79. The number of rotatable bonds is 6. The number of hydrogen-bond donors (Lipinski definition) is 0. The minimum atomic E-state index is -0.259. The molecule has 0 saturated carbocycles. The van der Waals surface area contributed by atoms with Gasteiger partial charge in [-0.2, -0.15) is 0 Å². The van der Waals surface area contributed by atoms with Gasteiger partial charge in [0.05, 0.1) is 23.4 Å². The predicted molar refractivity (Wildman–Crippen MR) is 52.8 cm³/mol. The van der Waals surface area contributed by atoms with Gasteiger partial charge < -0.3 is 4.74 Å². The van der Waals surface area contributed by atoms with E-state index in [1.807, 2.05) is 0 Å². The van der Waals surface area contributed by atoms with Crippen molar-refractivity contribution in [2.75, 3.05) is 23.4 Å². The fourth-order valence-corrected chi connectivity index (χ4v) is 1.63. The average Bonchev–Trinajstić information content (AvgIpc) is 2.04. The highest BCUT2D eigenvalue weighted by Gasteiger charge is 2.04. The zero-order valence-electron chi connectivity index (χ0n) is 6.84. The van der Waals surface area contributed by atoms with E-state index in [-0.39, 0.29) is 17.5 Å². The molecule has 0 aliphatic heterocycles. The third-order valence-corrected chi connectivity index (χ3v) is 2.53. The van der Waals surface area contributed by atoms with Gasteiger partial charge in [0.1, 0.15) is 0 Å². The number of carbonyl (C=O) groups is 2. The van der Waals surface area contributed by atoms with Crippen molar-refractivity contribution in [3.63, 3.8) is 0 Å². The molecule has 5 heteroatoms. The largest absolute Gasteiger partial charge is 0.465 e. The maximum Gasteiger partial charge on any atom is 0.315 e. The van der Waals surface area contributed by atoms with Gasteiger partial charge in [-0.3, -0.25) is 9.59 Å². The van der Waals surface area contributed by atoms with Crippen LogP contribution in [0.25, 0.3) is 0 Å². The number of alkyl halides is 1. The molecule has 0 fully saturated rings. The first-order valence-electron chi connectivity index (χ1n) is 3.51. The summed E-state index contributed by atoms with van der Waals surface area (Å²) in [4.78, 5) is 21.5. The summed E-state index contributed by atoms with van der Waals surface area (Å²) in [7, 11) is 0. The van der Waals surface area contributed by atoms with Crippen molar-refractivity contribution in [3.8, 4) is 0 Å². The van der Waals surface area contributed by atoms with Crippen LogP contribution in [0.3, 0.4) is 0 Å². The van der Waals surface area contributed by atoms with Gasteiger partial charge in [-0.05, 0) is 6.92 Å². The Labute approximate surface area is 84.4 Å². The molecule has 0 bridgehead atoms. The van der Waals surface area contributed by atoms with Crippen LogP contribution in [-0.2, 0) is 14.3 Å². The van der Waals surface area contributed by atoms with E-state index in [1.54, 1.807) is 6.92 Å². The molecule has 12 heavy (non-hydrogen) atoms. The van der Waals surface area contributed by atoms with Crippen molar-refractivity contribution in [1.82, 2.24) is 0 Å². The number of Topliss-reactive ketones (excluding diaryl/α,β-unsaturated/α-hetero) is 1. The van der Waals surface area contributed by atoms with Crippen LogP contribution in [0.5, 0.6) is 0 Å². The molecule has 0 N–H and O–H groups in total. The summed E-state index contributed by atoms with van der Waals surface area (Å²) in [6, 6.07) is 0. The van der Waals surface area contributed by atoms with Gasteiger partial charge in [0, 0.05) is 0 Å². The van der Waals surface area contributed by atoms with E-state index < -0.39 is 0 Å². The van der Waals surface area contributed by atoms with Crippen molar-refractivity contribution < 1.29 is 14.3 Å². The van der Waals surface area contributed by atoms with Crippen LogP contribution < -0.4 is 0 Å². The lowest BCUT2D eigenvalue weighted by atomic mass is 10.5. The van der Waals surface area contributed by atoms with Crippen LogP contribution in [-0.4, -0.2) is 35.2 Å². The van der Waals surface area contributed by atoms with E-state index in [0.717, 1.165) is 0 Å². The average molecular weight is 255 g/mol. The Kier molecular flexibility index (Phi) is 7.59. The normalized spacial score (nSPS) is 9.50. The lowest BCUT2D eigenvalue weighted by Gasteiger charge is -1.99. The predicted octanol–water partition coefficient (Wildman–Crippen LogP) is 1.25. The summed E-state index contributed by atoms with van der Waals surface area (Å²) in [5, 5.41) is 0.350. The first kappa shape index (κ1) is 12.0. The molecule has 0 heterocycles. The van der Waals surface area contributed by atoms with Gasteiger partial charge in [-0.25, -0.2) is 0 Å². The summed E-state index contributed by atoms with van der Waals surface area (Å²) >= 11 is 4.31. The van der Waals surface area contributed by atoms with E-state index in [2.05, 4.69) is 20.7 Å². The Bertz CT molecular complexity index is 161. The molecular weight excluding hydrogens is 244 g/mol. The Morgan fingerprint density at radius 3 is 2.58 bits per heavy atom. The van der Waals surface area contributed by atoms with Crippen molar-refractivity contribution in [3.05, 3.63) is 0 Å². The third-order valence-electron chi connectivity index (χ3n) is 0.937. The third kappa shape index (κ3) is 6.67. The van der Waals surface area contributed by atoms with Crippen molar-refractivity contribution in [2.45, 2.75) is 6.92 Å². The van der Waals surface area contributed by atoms with Gasteiger partial charge >= 0.3 is 5.97 Å². The van der Waals surface area contributed by atoms with E-state index in [4.69, 9.17) is 0 Å². The number of thioether (sulfide) groups is 1. The van der Waals surface area contributed by atoms with Gasteiger partial charge in [-0.15, -0.1) is 11.8 Å². The van der Waals surface area contributed by atoms with E-state index in [1.165, 1.54) is 11.8 Å². The Morgan fingerprint density at radius 1 is 1.42 bits per heavy atom. The quantitative estimate of drug-likeness (QED) is 0.529. The van der Waals surface area contributed by atoms with Crippen LogP contribution in [0.4, 0.5) is 0 Å². The minimum Gasteiger partial charge on any atom is -0.465 e. The van der Waals surface area contributed by atoms with Gasteiger partial charge in [0.15, 0.2) is 5.78 Å². The Balaban J connectivity index is 3.30. The highest BCUT2D eigenvalue weighted by molar-refractivity contribution is 9.09. The summed E-state index contributed by atoms with van der Waals surface area (Å²) in [6.07, 6.45) is 0. The van der Waals surface area contributed by atoms with Crippen LogP contribution in [0, 0.1) is 0 Å². The second kappa shape index (κ2) is 7.61. The molecule has 0 aromatic heterocycles. The van der Waals surface area contributed by atoms with Crippen LogP contribution in [0.1, 0.15) is 6.92 Å². The Morgan fingerprint density at radius 2 is 2.08 bits per heavy atom. The molecule has 0 aliphatic carbocycles. The molecule has 0 amide bonds. The van der Waals surface area contributed by atoms with Crippen LogP contribution >= 0.6 is 27.7 Å². The molecule has 0 radical (unpaired) electrons. The lowest BCUT2D eigenvalue weighted by molar-refractivity contribution is -0.139. The highest BCUT2D eigenvalue weighted by Crippen LogP contribution is 2.01. The second-order valence-electron chi connectivity index (χ2n) is 1.97. The number of carbonyl (C=O) groups excluding carboxylic acids is 2. The molecule has 0 atom stereocenters. The first-order chi connectivity index (χ1) is 5.70. The summed E-state index contributed by atoms with van der Waals surface area (Å²) < 4.78 is 4.67. The van der Waals surface area contributed by atoms with Crippen molar-refractivity contribution in [1.29, 1.82) is 0 Å². The fraction of sp³-hybridized carbons (Fsp3) is 0.714. The zero-order valence-corrected chi connectivity index (χ0v) is 9.24. The van der Waals surface area contributed by atoms with Crippen LogP contribution in [0.2, 0.25) is 0 Å². The van der Waals surface area contributed by atoms with E-state index >= 15 is 0 Å². The topological polar surface area (TPSA) is 43.4 Å². The number of ether oxygens (including phenoxy) is 1. The van der Waals surface area contributed by atoms with E-state index in [9.17, 15) is 9.59 Å². The number of esters is 1. The fourth-order valence-electron chi connectivity index (χ4n) is 0.489. The molecule has 0 aliphatic rings. The minimum absolute atomic E-state index is 0.0873. The van der Waals surface area contributed by atoms with Gasteiger partial charge in [0.25, 0.3) is 0 Å². The second-order valence-corrected chi connectivity index (χ2v) is 3.52. The SMILES string of the molecule is CCOC(=O)CSCC(=O)CBr. The molecule has 0 rings (SSSR count). The molecular formula is C7H11BrO3S. The molecule has 70 valence electrons. The number of ketones is 1. The molecule has 3 nitrogen and oxygen atoms in total. The van der Waals surface area contributed by atoms with Gasteiger partial charge in [-0.1, -0.05) is 15.9 Å². The van der Waals surface area contributed by atoms with E-state index in [0.29, 0.717) is 17.7 Å². The lowest BCUT2D eigenvalue weighted by Crippen LogP contribution is -2.10. The Hall–Kier alpha value is -0.0300. The molecule has 0 spiro atoms. The maximum atomic E-state index is 10.7. The van der Waals surface area contributed by atoms with Crippen molar-refractivity contribution >= 4 is 39.4 Å². The zero-order chi connectivity index (χ0) is 9.40. The van der Waals surface area contributed by atoms with Crippen LogP contribution in [0.15, 0.2) is 0 Å². The summed E-state index contributed by atoms with van der Waals surface area (Å²) in [6.45, 7) is 2.15. The number of hydrogen-bond acceptors (Lipinski definition) is 4. The maximum absolute atomic E-state index is 10.7. The highest BCUT2D eigenvalue weighted by atomic mass is 79.9. The summed E-state index contributed by atoms with van der Waals surface area (Å²) in [5.41, 5.74) is 0. The number of halogens is 1. The monoisotopic (exact) mass is 254 g/mol. The van der Waals surface area contributed by atoms with Crippen molar-refractivity contribution in [2.24, 2.45) is 0 Å². The molecule has 0 unspecified atom stereocenters. The summed E-state index contributed by atoms with van der Waals surface area (Å²) in [5.74, 6) is 0.450. The smallest absolute Gasteiger partial charge is 0.315 e. The van der Waals surface area contributed by atoms with Gasteiger partial charge in [0.2, 0.25) is 0 Å². The molecule has 0 saturated heterocycles. The molecule has 0 aromatic rings. The standard InChI is InChI=1S/C7H11BrO3S/c1-2-11-7(10)5-12-4-6(9)3-8/h2-5H2,1H3.